The molecule has 0 saturated carbocycles. The average Bonchev–Trinajstić information content (AvgIpc) is 2.36. The van der Waals surface area contributed by atoms with E-state index in [-0.39, 0.29) is 12.5 Å². The van der Waals surface area contributed by atoms with Crippen LogP contribution in [0.5, 0.6) is 0 Å². The summed E-state index contributed by atoms with van der Waals surface area (Å²) >= 11 is 0. The van der Waals surface area contributed by atoms with Gasteiger partial charge in [-0.15, -0.1) is 0 Å². The Hall–Kier alpha value is -0.660. The van der Waals surface area contributed by atoms with Crippen molar-refractivity contribution in [2.75, 3.05) is 32.7 Å². The van der Waals surface area contributed by atoms with E-state index in [0.717, 1.165) is 12.8 Å². The molecule has 1 heterocycles. The van der Waals surface area contributed by atoms with Gasteiger partial charge in [-0.05, 0) is 25.7 Å². The van der Waals surface area contributed by atoms with E-state index >= 15 is 0 Å². The molecule has 0 aromatic rings. The highest BCUT2D eigenvalue weighted by Gasteiger charge is 2.32. The number of carbonyl (C=O) groups is 1. The fourth-order valence-electron chi connectivity index (χ4n) is 2.15. The molecule has 0 aliphatic carbocycles. The Labute approximate surface area is 116 Å². The fourth-order valence-corrected chi connectivity index (χ4v) is 3.75. The van der Waals surface area contributed by atoms with Gasteiger partial charge >= 0.3 is 0 Å². The molecule has 0 atom stereocenters. The molecular formula is C12H25N3O3S. The van der Waals surface area contributed by atoms with E-state index in [1.165, 1.54) is 8.61 Å². The number of amides is 1. The third-order valence-corrected chi connectivity index (χ3v) is 5.50. The maximum atomic E-state index is 12.4. The smallest absolute Gasteiger partial charge is 0.282 e. The normalized spacial score (nSPS) is 18.7. The van der Waals surface area contributed by atoms with E-state index in [1.54, 1.807) is 6.92 Å². The van der Waals surface area contributed by atoms with Gasteiger partial charge in [0.1, 0.15) is 0 Å². The Bertz CT molecular complexity index is 389. The molecule has 1 saturated heterocycles. The van der Waals surface area contributed by atoms with Crippen molar-refractivity contribution in [3.63, 3.8) is 0 Å². The van der Waals surface area contributed by atoms with Crippen LogP contribution in [0.25, 0.3) is 0 Å². The minimum Gasteiger partial charge on any atom is -0.355 e. The number of rotatable bonds is 6. The highest BCUT2D eigenvalue weighted by molar-refractivity contribution is 7.86. The molecule has 0 aromatic carbocycles. The van der Waals surface area contributed by atoms with E-state index in [0.29, 0.717) is 32.1 Å². The largest absolute Gasteiger partial charge is 0.355 e. The number of carbonyl (C=O) groups excluding carboxylic acids is 1. The lowest BCUT2D eigenvalue weighted by Crippen LogP contribution is -2.49. The third kappa shape index (κ3) is 4.43. The molecule has 19 heavy (non-hydrogen) atoms. The third-order valence-electron chi connectivity index (χ3n) is 3.44. The van der Waals surface area contributed by atoms with Gasteiger partial charge in [0.2, 0.25) is 5.91 Å². The standard InChI is InChI=1S/C12H25N3O3S/c1-4-13-12(16)10-14(5-2)19(17,18)15-8-6-11(3)7-9-15/h11H,4-10H2,1-3H3,(H,13,16). The van der Waals surface area contributed by atoms with Crippen molar-refractivity contribution in [1.29, 1.82) is 0 Å². The highest BCUT2D eigenvalue weighted by atomic mass is 32.2. The van der Waals surface area contributed by atoms with Crippen LogP contribution < -0.4 is 5.32 Å². The predicted octanol–water partition coefficient (Wildman–Crippen LogP) is 0.421. The Morgan fingerprint density at radius 2 is 1.89 bits per heavy atom. The SMILES string of the molecule is CCNC(=O)CN(CC)S(=O)(=O)N1CCC(C)CC1. The van der Waals surface area contributed by atoms with Crippen LogP contribution in [0.15, 0.2) is 0 Å². The monoisotopic (exact) mass is 291 g/mol. The van der Waals surface area contributed by atoms with E-state index in [9.17, 15) is 13.2 Å². The molecule has 0 aromatic heterocycles. The summed E-state index contributed by atoms with van der Waals surface area (Å²) in [5.41, 5.74) is 0. The molecule has 6 nitrogen and oxygen atoms in total. The van der Waals surface area contributed by atoms with Crippen molar-refractivity contribution in [3.8, 4) is 0 Å². The Morgan fingerprint density at radius 1 is 1.32 bits per heavy atom. The van der Waals surface area contributed by atoms with Gasteiger partial charge in [-0.3, -0.25) is 4.79 Å². The lowest BCUT2D eigenvalue weighted by molar-refractivity contribution is -0.121. The average molecular weight is 291 g/mol. The number of nitrogens with zero attached hydrogens (tertiary/aromatic N) is 2. The lowest BCUT2D eigenvalue weighted by Gasteiger charge is -2.33. The zero-order valence-corrected chi connectivity index (χ0v) is 12.9. The molecule has 1 amide bonds. The molecule has 1 N–H and O–H groups in total. The van der Waals surface area contributed by atoms with Gasteiger partial charge in [0, 0.05) is 26.2 Å². The van der Waals surface area contributed by atoms with E-state index in [2.05, 4.69) is 12.2 Å². The maximum Gasteiger partial charge on any atom is 0.282 e. The minimum atomic E-state index is -3.51. The van der Waals surface area contributed by atoms with Gasteiger partial charge in [0.25, 0.3) is 10.2 Å². The topological polar surface area (TPSA) is 69.7 Å². The molecule has 1 aliphatic heterocycles. The summed E-state index contributed by atoms with van der Waals surface area (Å²) in [4.78, 5) is 11.6. The van der Waals surface area contributed by atoms with E-state index in [1.807, 2.05) is 6.92 Å². The van der Waals surface area contributed by atoms with Crippen molar-refractivity contribution in [1.82, 2.24) is 13.9 Å². The summed E-state index contributed by atoms with van der Waals surface area (Å²) in [7, 11) is -3.51. The van der Waals surface area contributed by atoms with Crippen molar-refractivity contribution < 1.29 is 13.2 Å². The first-order chi connectivity index (χ1) is 8.91. The van der Waals surface area contributed by atoms with Crippen molar-refractivity contribution in [2.45, 2.75) is 33.6 Å². The molecule has 0 spiro atoms. The van der Waals surface area contributed by atoms with Gasteiger partial charge in [0.15, 0.2) is 0 Å². The molecular weight excluding hydrogens is 266 g/mol. The highest BCUT2D eigenvalue weighted by Crippen LogP contribution is 2.20. The molecule has 0 unspecified atom stereocenters. The molecule has 1 aliphatic rings. The quantitative estimate of drug-likeness (QED) is 0.771. The van der Waals surface area contributed by atoms with Crippen LogP contribution in [-0.2, 0) is 15.0 Å². The van der Waals surface area contributed by atoms with Crippen LogP contribution in [-0.4, -0.2) is 55.7 Å². The van der Waals surface area contributed by atoms with Crippen LogP contribution in [0.1, 0.15) is 33.6 Å². The van der Waals surface area contributed by atoms with Gasteiger partial charge in [-0.25, -0.2) is 0 Å². The predicted molar refractivity (Wildman–Crippen MR) is 74.8 cm³/mol. The van der Waals surface area contributed by atoms with Crippen molar-refractivity contribution >= 4 is 16.1 Å². The van der Waals surface area contributed by atoms with Crippen molar-refractivity contribution in [3.05, 3.63) is 0 Å². The number of hydrogen-bond acceptors (Lipinski definition) is 3. The lowest BCUT2D eigenvalue weighted by atomic mass is 10.0. The van der Waals surface area contributed by atoms with Gasteiger partial charge < -0.3 is 5.32 Å². The summed E-state index contributed by atoms with van der Waals surface area (Å²) in [6, 6.07) is 0. The number of nitrogens with one attached hydrogen (secondary N) is 1. The van der Waals surface area contributed by atoms with Crippen LogP contribution >= 0.6 is 0 Å². The zero-order chi connectivity index (χ0) is 14.5. The summed E-state index contributed by atoms with van der Waals surface area (Å²) in [6.07, 6.45) is 1.77. The second kappa shape index (κ2) is 7.21. The number of likely N-dealkylation sites (N-methyl/N-ethyl adjacent to an activating group) is 2. The second-order valence-corrected chi connectivity index (χ2v) is 6.90. The fraction of sp³-hybridized carbons (Fsp3) is 0.917. The minimum absolute atomic E-state index is 0.0985. The molecule has 112 valence electrons. The molecule has 7 heteroatoms. The number of hydrogen-bond donors (Lipinski definition) is 1. The molecule has 1 rings (SSSR count). The summed E-state index contributed by atoms with van der Waals surface area (Å²) in [5, 5.41) is 2.63. The molecule has 0 bridgehead atoms. The first-order valence-corrected chi connectivity index (χ1v) is 8.33. The molecule has 0 radical (unpaired) electrons. The van der Waals surface area contributed by atoms with Gasteiger partial charge in [-0.1, -0.05) is 13.8 Å². The second-order valence-electron chi connectivity index (χ2n) is 4.97. The van der Waals surface area contributed by atoms with E-state index in [4.69, 9.17) is 0 Å². The zero-order valence-electron chi connectivity index (χ0n) is 12.1. The summed E-state index contributed by atoms with van der Waals surface area (Å²) in [6.45, 7) is 7.53. The van der Waals surface area contributed by atoms with Gasteiger partial charge in [-0.2, -0.15) is 17.0 Å². The number of piperidine rings is 1. The molecule has 1 fully saturated rings. The van der Waals surface area contributed by atoms with E-state index < -0.39 is 10.2 Å². The summed E-state index contributed by atoms with van der Waals surface area (Å²) < 4.78 is 27.6. The van der Waals surface area contributed by atoms with Crippen LogP contribution in [0, 0.1) is 5.92 Å². The van der Waals surface area contributed by atoms with Crippen molar-refractivity contribution in [2.24, 2.45) is 5.92 Å². The van der Waals surface area contributed by atoms with Crippen LogP contribution in [0.3, 0.4) is 0 Å². The maximum absolute atomic E-state index is 12.4. The Morgan fingerprint density at radius 3 is 2.37 bits per heavy atom. The van der Waals surface area contributed by atoms with Gasteiger partial charge in [0.05, 0.1) is 6.54 Å². The first kappa shape index (κ1) is 16.4. The Balaban J connectivity index is 2.69. The summed E-state index contributed by atoms with van der Waals surface area (Å²) in [5.74, 6) is 0.322. The Kier molecular flexibility index (Phi) is 6.22. The van der Waals surface area contributed by atoms with Crippen LogP contribution in [0.4, 0.5) is 0 Å². The first-order valence-electron chi connectivity index (χ1n) is 6.93. The van der Waals surface area contributed by atoms with Crippen LogP contribution in [0.2, 0.25) is 0 Å².